The van der Waals surface area contributed by atoms with E-state index in [2.05, 4.69) is 47.7 Å². The predicted molar refractivity (Wildman–Crippen MR) is 133 cm³/mol. The second-order valence-corrected chi connectivity index (χ2v) is 8.98. The summed E-state index contributed by atoms with van der Waals surface area (Å²) in [6, 6.07) is 18.3. The van der Waals surface area contributed by atoms with Crippen LogP contribution in [0.4, 0.5) is 5.69 Å². The van der Waals surface area contributed by atoms with E-state index in [1.165, 1.54) is 0 Å². The molecule has 3 aromatic rings. The van der Waals surface area contributed by atoms with Gasteiger partial charge in [-0.1, -0.05) is 45.2 Å². The number of rotatable bonds is 8. The summed E-state index contributed by atoms with van der Waals surface area (Å²) in [7, 11) is 0. The van der Waals surface area contributed by atoms with E-state index >= 15 is 0 Å². The van der Waals surface area contributed by atoms with Gasteiger partial charge in [-0.15, -0.1) is 0 Å². The summed E-state index contributed by atoms with van der Waals surface area (Å²) in [5, 5.41) is 8.14. The quantitative estimate of drug-likeness (QED) is 0.230. The molecule has 5 nitrogen and oxygen atoms in total. The Bertz CT molecular complexity index is 1090. The van der Waals surface area contributed by atoms with E-state index in [0.717, 1.165) is 25.8 Å². The third-order valence-corrected chi connectivity index (χ3v) is 5.79. The predicted octanol–water partition coefficient (Wildman–Crippen LogP) is 6.66. The smallest absolute Gasteiger partial charge is 0.259 e. The van der Waals surface area contributed by atoms with E-state index in [1.54, 1.807) is 18.3 Å². The van der Waals surface area contributed by atoms with Gasteiger partial charge in [-0.05, 0) is 76.1 Å². The second-order valence-electron chi connectivity index (χ2n) is 6.37. The van der Waals surface area contributed by atoms with Crippen LogP contribution in [0.15, 0.2) is 74.7 Å². The molecule has 1 amide bonds. The molecule has 3 aromatic carbocycles. The number of hydrogen-bond acceptors (Lipinski definition) is 4. The van der Waals surface area contributed by atoms with Crippen molar-refractivity contribution < 1.29 is 9.53 Å². The second kappa shape index (κ2) is 11.5. The van der Waals surface area contributed by atoms with Crippen LogP contribution >= 0.6 is 55.1 Å². The number of amides is 1. The van der Waals surface area contributed by atoms with Crippen LogP contribution in [0, 0.1) is 0 Å². The zero-order valence-corrected chi connectivity index (χ0v) is 20.7. The number of ether oxygens (including phenoxy) is 1. The summed E-state index contributed by atoms with van der Waals surface area (Å²) in [6.45, 7) is 0.423. The monoisotopic (exact) mass is 583 g/mol. The molecule has 0 fully saturated rings. The molecule has 160 valence electrons. The number of benzene rings is 3. The Kier molecular flexibility index (Phi) is 8.78. The Balaban J connectivity index is 1.49. The zero-order valence-electron chi connectivity index (χ0n) is 16.0. The Labute approximate surface area is 207 Å². The van der Waals surface area contributed by atoms with E-state index in [4.69, 9.17) is 27.9 Å². The van der Waals surface area contributed by atoms with Crippen molar-refractivity contribution in [2.45, 2.75) is 6.61 Å². The topological polar surface area (TPSA) is 62.7 Å². The van der Waals surface area contributed by atoms with Crippen molar-refractivity contribution in [1.82, 2.24) is 5.43 Å². The van der Waals surface area contributed by atoms with Gasteiger partial charge in [0.25, 0.3) is 5.91 Å². The molecule has 0 saturated heterocycles. The highest BCUT2D eigenvalue weighted by atomic mass is 79.9. The lowest BCUT2D eigenvalue weighted by atomic mass is 10.2. The van der Waals surface area contributed by atoms with Gasteiger partial charge in [-0.3, -0.25) is 4.79 Å². The Morgan fingerprint density at radius 3 is 2.52 bits per heavy atom. The van der Waals surface area contributed by atoms with Gasteiger partial charge in [0.15, 0.2) is 0 Å². The van der Waals surface area contributed by atoms with E-state index in [9.17, 15) is 4.79 Å². The van der Waals surface area contributed by atoms with Crippen molar-refractivity contribution in [1.29, 1.82) is 0 Å². The minimum atomic E-state index is -0.252. The maximum atomic E-state index is 11.9. The number of carbonyl (C=O) groups is 1. The summed E-state index contributed by atoms with van der Waals surface area (Å²) in [5.74, 6) is 0.406. The molecule has 0 aromatic heterocycles. The molecule has 31 heavy (non-hydrogen) atoms. The molecule has 0 unspecified atom stereocenters. The third-order valence-electron chi connectivity index (χ3n) is 4.05. The Morgan fingerprint density at radius 1 is 1.03 bits per heavy atom. The maximum absolute atomic E-state index is 11.9. The van der Waals surface area contributed by atoms with E-state index in [0.29, 0.717) is 22.4 Å². The first kappa shape index (κ1) is 23.6. The molecule has 0 bridgehead atoms. The van der Waals surface area contributed by atoms with Crippen LogP contribution in [0.5, 0.6) is 5.75 Å². The van der Waals surface area contributed by atoms with E-state index in [1.807, 2.05) is 48.5 Å². The van der Waals surface area contributed by atoms with Gasteiger partial charge in [-0.25, -0.2) is 5.43 Å². The van der Waals surface area contributed by atoms with Gasteiger partial charge >= 0.3 is 0 Å². The van der Waals surface area contributed by atoms with Gasteiger partial charge in [0.05, 0.1) is 17.2 Å². The molecule has 0 saturated carbocycles. The standard InChI is InChI=1S/C22H17Br2Cl2N3O2/c23-16-3-6-18(7-4-16)27-12-22(30)29-28-11-14-1-8-21(19(24)9-14)31-13-15-2-5-17(25)10-20(15)26/h1-11,27H,12-13H2,(H,29,30)/b28-11-. The molecule has 0 atom stereocenters. The normalized spacial score (nSPS) is 10.8. The minimum absolute atomic E-state index is 0.114. The molecular formula is C22H17Br2Cl2N3O2. The van der Waals surface area contributed by atoms with Gasteiger partial charge in [0, 0.05) is 25.8 Å². The number of carbonyl (C=O) groups excluding carboxylic acids is 1. The van der Waals surface area contributed by atoms with Gasteiger partial charge < -0.3 is 10.1 Å². The fourth-order valence-electron chi connectivity index (χ4n) is 2.48. The fraction of sp³-hybridized carbons (Fsp3) is 0.0909. The van der Waals surface area contributed by atoms with Crippen LogP contribution in [0.2, 0.25) is 10.0 Å². The molecule has 0 heterocycles. The molecule has 3 rings (SSSR count). The third kappa shape index (κ3) is 7.54. The number of nitrogens with zero attached hydrogens (tertiary/aromatic N) is 1. The van der Waals surface area contributed by atoms with E-state index < -0.39 is 0 Å². The SMILES string of the molecule is O=C(CNc1ccc(Br)cc1)N/N=C\c1ccc(OCc2ccc(Cl)cc2Cl)c(Br)c1. The minimum Gasteiger partial charge on any atom is -0.488 e. The average molecular weight is 586 g/mol. The summed E-state index contributed by atoms with van der Waals surface area (Å²) in [6.07, 6.45) is 1.56. The summed E-state index contributed by atoms with van der Waals surface area (Å²) in [5.41, 5.74) is 4.97. The summed E-state index contributed by atoms with van der Waals surface area (Å²) >= 11 is 18.9. The zero-order chi connectivity index (χ0) is 22.2. The number of halogens is 4. The molecule has 0 radical (unpaired) electrons. The van der Waals surface area contributed by atoms with Gasteiger partial charge in [-0.2, -0.15) is 5.10 Å². The number of hydrazone groups is 1. The molecule has 9 heteroatoms. The average Bonchev–Trinajstić information content (AvgIpc) is 2.74. The Morgan fingerprint density at radius 2 is 1.81 bits per heavy atom. The molecule has 0 aliphatic heterocycles. The molecule has 0 spiro atoms. The largest absolute Gasteiger partial charge is 0.488 e. The van der Waals surface area contributed by atoms with Crippen molar-refractivity contribution in [3.05, 3.63) is 90.8 Å². The molecule has 0 aliphatic rings. The van der Waals surface area contributed by atoms with Crippen molar-refractivity contribution in [3.8, 4) is 5.75 Å². The van der Waals surface area contributed by atoms with Crippen LogP contribution in [0.3, 0.4) is 0 Å². The van der Waals surface area contributed by atoms with Crippen LogP contribution in [-0.2, 0) is 11.4 Å². The summed E-state index contributed by atoms with van der Waals surface area (Å²) in [4.78, 5) is 11.9. The van der Waals surface area contributed by atoms with Gasteiger partial charge in [0.2, 0.25) is 0 Å². The van der Waals surface area contributed by atoms with Crippen LogP contribution in [0.1, 0.15) is 11.1 Å². The van der Waals surface area contributed by atoms with Crippen molar-refractivity contribution >= 4 is 72.9 Å². The summed E-state index contributed by atoms with van der Waals surface area (Å²) < 4.78 is 7.55. The Hall–Kier alpha value is -2.06. The number of nitrogens with one attached hydrogen (secondary N) is 2. The maximum Gasteiger partial charge on any atom is 0.259 e. The van der Waals surface area contributed by atoms with Crippen molar-refractivity contribution in [3.63, 3.8) is 0 Å². The highest BCUT2D eigenvalue weighted by Crippen LogP contribution is 2.28. The van der Waals surface area contributed by atoms with Crippen LogP contribution < -0.4 is 15.5 Å². The van der Waals surface area contributed by atoms with Crippen LogP contribution in [-0.4, -0.2) is 18.7 Å². The first-order valence-electron chi connectivity index (χ1n) is 9.08. The molecule has 2 N–H and O–H groups in total. The first-order valence-corrected chi connectivity index (χ1v) is 11.4. The number of hydrogen-bond donors (Lipinski definition) is 2. The highest BCUT2D eigenvalue weighted by Gasteiger charge is 2.06. The number of anilines is 1. The lowest BCUT2D eigenvalue weighted by molar-refractivity contribution is -0.119. The fourth-order valence-corrected chi connectivity index (χ4v) is 3.72. The van der Waals surface area contributed by atoms with Crippen LogP contribution in [0.25, 0.3) is 0 Å². The van der Waals surface area contributed by atoms with Crippen molar-refractivity contribution in [2.75, 3.05) is 11.9 Å². The van der Waals surface area contributed by atoms with Crippen molar-refractivity contribution in [2.24, 2.45) is 5.10 Å². The molecular weight excluding hydrogens is 569 g/mol. The first-order chi connectivity index (χ1) is 14.9. The van der Waals surface area contributed by atoms with E-state index in [-0.39, 0.29) is 12.5 Å². The lowest BCUT2D eigenvalue weighted by Crippen LogP contribution is -2.25. The lowest BCUT2D eigenvalue weighted by Gasteiger charge is -2.10. The molecule has 0 aliphatic carbocycles. The van der Waals surface area contributed by atoms with Gasteiger partial charge in [0.1, 0.15) is 12.4 Å². The highest BCUT2D eigenvalue weighted by molar-refractivity contribution is 9.10.